The molecular weight excluding hydrogens is 359 g/mol. The summed E-state index contributed by atoms with van der Waals surface area (Å²) in [5, 5.41) is 2.89. The molecule has 0 radical (unpaired) electrons. The van der Waals surface area contributed by atoms with Crippen LogP contribution < -0.4 is 20.7 Å². The SMILES string of the molecule is CN(C)CCCCOc1ccc(N2CC(CNC(N)=S)OC2=O)cc1F. The first-order chi connectivity index (χ1) is 12.4. The molecule has 26 heavy (non-hydrogen) atoms. The molecule has 1 heterocycles. The second-order valence-electron chi connectivity index (χ2n) is 6.34. The molecule has 7 nitrogen and oxygen atoms in total. The monoisotopic (exact) mass is 384 g/mol. The zero-order valence-corrected chi connectivity index (χ0v) is 15.9. The second kappa shape index (κ2) is 9.54. The normalized spacial score (nSPS) is 16.7. The van der Waals surface area contributed by atoms with E-state index < -0.39 is 18.0 Å². The number of unbranched alkanes of at least 4 members (excludes halogenated alkanes) is 1. The summed E-state index contributed by atoms with van der Waals surface area (Å²) in [5.41, 5.74) is 5.78. The molecule has 1 aliphatic rings. The summed E-state index contributed by atoms with van der Waals surface area (Å²) in [6.07, 6.45) is 0.889. The molecule has 0 bridgehead atoms. The number of rotatable bonds is 9. The number of nitrogens with one attached hydrogen (secondary N) is 1. The number of carbonyl (C=O) groups excluding carboxylic acids is 1. The topological polar surface area (TPSA) is 80.1 Å². The van der Waals surface area contributed by atoms with Crippen LogP contribution in [0.1, 0.15) is 12.8 Å². The Kier molecular flexibility index (Phi) is 7.40. The van der Waals surface area contributed by atoms with Gasteiger partial charge in [0.1, 0.15) is 6.10 Å². The molecule has 3 N–H and O–H groups in total. The van der Waals surface area contributed by atoms with Crippen molar-refractivity contribution in [3.05, 3.63) is 24.0 Å². The van der Waals surface area contributed by atoms with Gasteiger partial charge in [0.05, 0.1) is 25.4 Å². The minimum Gasteiger partial charge on any atom is -0.491 e. The number of thiocarbonyl (C=S) groups is 1. The van der Waals surface area contributed by atoms with Gasteiger partial charge in [-0.1, -0.05) is 0 Å². The number of amides is 1. The van der Waals surface area contributed by atoms with Crippen LogP contribution in [-0.2, 0) is 4.74 Å². The highest BCUT2D eigenvalue weighted by atomic mass is 32.1. The lowest BCUT2D eigenvalue weighted by Gasteiger charge is -2.15. The lowest BCUT2D eigenvalue weighted by Crippen LogP contribution is -2.37. The van der Waals surface area contributed by atoms with Crippen molar-refractivity contribution in [2.24, 2.45) is 5.73 Å². The Bertz CT molecular complexity index is 644. The lowest BCUT2D eigenvalue weighted by molar-refractivity contribution is 0.143. The Labute approximate surface area is 158 Å². The molecule has 1 aliphatic heterocycles. The predicted molar refractivity (Wildman–Crippen MR) is 102 cm³/mol. The number of halogens is 1. The zero-order chi connectivity index (χ0) is 19.1. The van der Waals surface area contributed by atoms with E-state index in [0.29, 0.717) is 25.4 Å². The molecule has 0 aliphatic carbocycles. The van der Waals surface area contributed by atoms with Crippen LogP contribution in [0.15, 0.2) is 18.2 Å². The molecule has 9 heteroatoms. The van der Waals surface area contributed by atoms with E-state index in [2.05, 4.69) is 10.2 Å². The van der Waals surface area contributed by atoms with Gasteiger partial charge in [-0.2, -0.15) is 0 Å². The third-order valence-corrected chi connectivity index (χ3v) is 4.01. The van der Waals surface area contributed by atoms with Crippen LogP contribution in [0.3, 0.4) is 0 Å². The summed E-state index contributed by atoms with van der Waals surface area (Å²) in [5.74, 6) is -0.328. The summed E-state index contributed by atoms with van der Waals surface area (Å²) in [7, 11) is 4.01. The first kappa shape index (κ1) is 20.2. The number of hydrogen-bond acceptors (Lipinski definition) is 5. The second-order valence-corrected chi connectivity index (χ2v) is 6.77. The number of ether oxygens (including phenoxy) is 2. The van der Waals surface area contributed by atoms with Gasteiger partial charge in [0.2, 0.25) is 0 Å². The fourth-order valence-electron chi connectivity index (χ4n) is 2.54. The molecule has 0 saturated carbocycles. The number of hydrogen-bond donors (Lipinski definition) is 2. The van der Waals surface area contributed by atoms with Gasteiger partial charge in [0.25, 0.3) is 0 Å². The minimum atomic E-state index is -0.531. The fourth-order valence-corrected chi connectivity index (χ4v) is 2.62. The molecule has 1 amide bonds. The number of anilines is 1. The van der Waals surface area contributed by atoms with E-state index in [0.717, 1.165) is 19.4 Å². The van der Waals surface area contributed by atoms with Crippen molar-refractivity contribution in [1.29, 1.82) is 0 Å². The van der Waals surface area contributed by atoms with Crippen LogP contribution >= 0.6 is 12.2 Å². The first-order valence-corrected chi connectivity index (χ1v) is 8.86. The zero-order valence-electron chi connectivity index (χ0n) is 15.0. The highest BCUT2D eigenvalue weighted by Crippen LogP contribution is 2.27. The third-order valence-electron chi connectivity index (χ3n) is 3.86. The van der Waals surface area contributed by atoms with Gasteiger partial charge in [0.15, 0.2) is 16.7 Å². The van der Waals surface area contributed by atoms with Crippen molar-refractivity contribution < 1.29 is 18.7 Å². The molecule has 144 valence electrons. The highest BCUT2D eigenvalue weighted by Gasteiger charge is 2.32. The Morgan fingerprint density at radius 1 is 1.50 bits per heavy atom. The van der Waals surface area contributed by atoms with Gasteiger partial charge in [-0.15, -0.1) is 0 Å². The van der Waals surface area contributed by atoms with Gasteiger partial charge in [-0.25, -0.2) is 9.18 Å². The molecule has 1 saturated heterocycles. The standard InChI is InChI=1S/C17H25FN4O3S/c1-21(2)7-3-4-8-24-15-6-5-12(9-14(15)18)22-11-13(25-17(22)23)10-20-16(19)26/h5-6,9,13H,3-4,7-8,10-11H2,1-2H3,(H3,19,20,26). The molecule has 1 aromatic rings. The number of nitrogens with zero attached hydrogens (tertiary/aromatic N) is 2. The van der Waals surface area contributed by atoms with Gasteiger partial charge < -0.3 is 25.4 Å². The number of cyclic esters (lactones) is 1. The highest BCUT2D eigenvalue weighted by molar-refractivity contribution is 7.80. The van der Waals surface area contributed by atoms with E-state index >= 15 is 0 Å². The minimum absolute atomic E-state index is 0.137. The molecule has 1 atom stereocenters. The van der Waals surface area contributed by atoms with Crippen molar-refractivity contribution in [2.45, 2.75) is 18.9 Å². The smallest absolute Gasteiger partial charge is 0.414 e. The van der Waals surface area contributed by atoms with Crippen LogP contribution in [0, 0.1) is 5.82 Å². The Hall–Kier alpha value is -2.13. The van der Waals surface area contributed by atoms with E-state index in [1.165, 1.54) is 17.0 Å². The maximum absolute atomic E-state index is 14.3. The molecule has 0 aromatic heterocycles. The number of carbonyl (C=O) groups is 1. The first-order valence-electron chi connectivity index (χ1n) is 8.45. The van der Waals surface area contributed by atoms with Crippen molar-refractivity contribution in [3.63, 3.8) is 0 Å². The number of nitrogens with two attached hydrogens (primary N) is 1. The van der Waals surface area contributed by atoms with E-state index in [9.17, 15) is 9.18 Å². The van der Waals surface area contributed by atoms with Crippen molar-refractivity contribution in [1.82, 2.24) is 10.2 Å². The third kappa shape index (κ3) is 5.99. The summed E-state index contributed by atoms with van der Waals surface area (Å²) >= 11 is 4.72. The summed E-state index contributed by atoms with van der Waals surface area (Å²) in [6.45, 7) is 2.02. The maximum atomic E-state index is 14.3. The van der Waals surface area contributed by atoms with Crippen molar-refractivity contribution in [3.8, 4) is 5.75 Å². The Balaban J connectivity index is 1.88. The van der Waals surface area contributed by atoms with Gasteiger partial charge in [-0.05, 0) is 57.8 Å². The number of benzene rings is 1. The lowest BCUT2D eigenvalue weighted by atomic mass is 10.2. The van der Waals surface area contributed by atoms with E-state index in [4.69, 9.17) is 27.4 Å². The van der Waals surface area contributed by atoms with Crippen molar-refractivity contribution in [2.75, 3.05) is 45.2 Å². The maximum Gasteiger partial charge on any atom is 0.414 e. The van der Waals surface area contributed by atoms with E-state index in [1.54, 1.807) is 6.07 Å². The average molecular weight is 384 g/mol. The molecule has 1 unspecified atom stereocenters. The van der Waals surface area contributed by atoms with Gasteiger partial charge >= 0.3 is 6.09 Å². The van der Waals surface area contributed by atoms with Crippen LogP contribution in [-0.4, -0.2) is 62.5 Å². The Morgan fingerprint density at radius 2 is 2.27 bits per heavy atom. The largest absolute Gasteiger partial charge is 0.491 e. The van der Waals surface area contributed by atoms with Crippen LogP contribution in [0.5, 0.6) is 5.75 Å². The molecular formula is C17H25FN4O3S. The van der Waals surface area contributed by atoms with Gasteiger partial charge in [0, 0.05) is 6.07 Å². The predicted octanol–water partition coefficient (Wildman–Crippen LogP) is 1.70. The van der Waals surface area contributed by atoms with Crippen LogP contribution in [0.4, 0.5) is 14.9 Å². The molecule has 2 rings (SSSR count). The summed E-state index contributed by atoms with van der Waals surface area (Å²) in [4.78, 5) is 15.4. The fraction of sp³-hybridized carbons (Fsp3) is 0.529. The van der Waals surface area contributed by atoms with Crippen LogP contribution in [0.2, 0.25) is 0 Å². The van der Waals surface area contributed by atoms with E-state index in [-0.39, 0.29) is 10.9 Å². The molecule has 1 fully saturated rings. The van der Waals surface area contributed by atoms with Crippen LogP contribution in [0.25, 0.3) is 0 Å². The van der Waals surface area contributed by atoms with Gasteiger partial charge in [-0.3, -0.25) is 4.90 Å². The summed E-state index contributed by atoms with van der Waals surface area (Å²) < 4.78 is 25.0. The van der Waals surface area contributed by atoms with E-state index in [1.807, 2.05) is 14.1 Å². The Morgan fingerprint density at radius 3 is 2.92 bits per heavy atom. The quantitative estimate of drug-likeness (QED) is 0.495. The average Bonchev–Trinajstić information content (AvgIpc) is 2.94. The molecule has 0 spiro atoms. The molecule has 1 aromatic carbocycles. The summed E-state index contributed by atoms with van der Waals surface area (Å²) in [6, 6.07) is 4.45. The van der Waals surface area contributed by atoms with Crippen molar-refractivity contribution >= 4 is 29.1 Å².